The van der Waals surface area contributed by atoms with Gasteiger partial charge < -0.3 is 5.32 Å². The fourth-order valence-electron chi connectivity index (χ4n) is 3.41. The molecule has 0 aromatic rings. The summed E-state index contributed by atoms with van der Waals surface area (Å²) in [7, 11) is 0. The van der Waals surface area contributed by atoms with E-state index >= 15 is 0 Å². The first-order valence-corrected chi connectivity index (χ1v) is 7.70. The number of hydrogen-bond donors (Lipinski definition) is 1. The van der Waals surface area contributed by atoms with Crippen LogP contribution in [-0.2, 0) is 4.79 Å². The van der Waals surface area contributed by atoms with E-state index in [0.29, 0.717) is 5.41 Å². The minimum absolute atomic E-state index is 0.000550. The molecule has 1 amide bonds. The average Bonchev–Trinajstić information content (AvgIpc) is 2.42. The van der Waals surface area contributed by atoms with Crippen LogP contribution in [0.3, 0.4) is 0 Å². The van der Waals surface area contributed by atoms with Crippen LogP contribution in [0.2, 0.25) is 0 Å². The Morgan fingerprint density at radius 2 is 1.68 bits per heavy atom. The molecular formula is C16H26N2O. The average molecular weight is 262 g/mol. The van der Waals surface area contributed by atoms with Crippen molar-refractivity contribution in [2.75, 3.05) is 0 Å². The number of hydrogen-bond acceptors (Lipinski definition) is 2. The van der Waals surface area contributed by atoms with Gasteiger partial charge in [0.05, 0.1) is 6.07 Å². The van der Waals surface area contributed by atoms with Gasteiger partial charge in [0.25, 0.3) is 0 Å². The maximum Gasteiger partial charge on any atom is 0.240 e. The molecule has 0 atom stereocenters. The third-order valence-corrected chi connectivity index (χ3v) is 5.03. The van der Waals surface area contributed by atoms with Crippen LogP contribution in [0.5, 0.6) is 0 Å². The topological polar surface area (TPSA) is 52.9 Å². The Balaban J connectivity index is 1.92. The highest BCUT2D eigenvalue weighted by atomic mass is 16.2. The van der Waals surface area contributed by atoms with E-state index in [-0.39, 0.29) is 11.9 Å². The van der Waals surface area contributed by atoms with Crippen LogP contribution in [0.15, 0.2) is 0 Å². The molecule has 0 saturated heterocycles. The van der Waals surface area contributed by atoms with Gasteiger partial charge in [-0.05, 0) is 43.9 Å². The standard InChI is InChI=1S/C16H26N2O/c1-15(2)10-6-13(7-11-15)18-14(19)16(12-17)8-4-3-5-9-16/h13H,3-11H2,1-2H3,(H,18,19). The van der Waals surface area contributed by atoms with E-state index in [2.05, 4.69) is 25.2 Å². The van der Waals surface area contributed by atoms with Crippen molar-refractivity contribution in [2.24, 2.45) is 10.8 Å². The molecule has 3 nitrogen and oxygen atoms in total. The number of nitrogens with one attached hydrogen (secondary N) is 1. The van der Waals surface area contributed by atoms with Gasteiger partial charge in [0.15, 0.2) is 0 Å². The smallest absolute Gasteiger partial charge is 0.240 e. The van der Waals surface area contributed by atoms with Gasteiger partial charge in [-0.3, -0.25) is 4.79 Å². The highest BCUT2D eigenvalue weighted by molar-refractivity contribution is 5.85. The fourth-order valence-corrected chi connectivity index (χ4v) is 3.41. The molecule has 2 saturated carbocycles. The second-order valence-corrected chi connectivity index (χ2v) is 7.17. The summed E-state index contributed by atoms with van der Waals surface area (Å²) < 4.78 is 0. The largest absolute Gasteiger partial charge is 0.352 e. The first-order chi connectivity index (χ1) is 8.97. The molecule has 0 bridgehead atoms. The molecule has 1 N–H and O–H groups in total. The summed E-state index contributed by atoms with van der Waals surface area (Å²) in [5, 5.41) is 12.6. The van der Waals surface area contributed by atoms with Gasteiger partial charge >= 0.3 is 0 Å². The highest BCUT2D eigenvalue weighted by Crippen LogP contribution is 2.38. The Morgan fingerprint density at radius 3 is 2.21 bits per heavy atom. The quantitative estimate of drug-likeness (QED) is 0.827. The van der Waals surface area contributed by atoms with Crippen LogP contribution in [0.4, 0.5) is 0 Å². The molecule has 0 aliphatic heterocycles. The number of rotatable bonds is 2. The Kier molecular flexibility index (Phi) is 4.18. The second-order valence-electron chi connectivity index (χ2n) is 7.17. The minimum atomic E-state index is -0.731. The summed E-state index contributed by atoms with van der Waals surface area (Å²) in [6.07, 6.45) is 9.11. The van der Waals surface area contributed by atoms with E-state index in [1.807, 2.05) is 0 Å². The molecule has 0 aromatic heterocycles. The second kappa shape index (κ2) is 5.53. The van der Waals surface area contributed by atoms with E-state index in [9.17, 15) is 10.1 Å². The van der Waals surface area contributed by atoms with Gasteiger partial charge in [-0.15, -0.1) is 0 Å². The van der Waals surface area contributed by atoms with Gasteiger partial charge in [0.2, 0.25) is 5.91 Å². The lowest BCUT2D eigenvalue weighted by molar-refractivity contribution is -0.130. The van der Waals surface area contributed by atoms with Gasteiger partial charge in [0.1, 0.15) is 5.41 Å². The number of nitriles is 1. The molecule has 2 rings (SSSR count). The van der Waals surface area contributed by atoms with Crippen molar-refractivity contribution in [1.82, 2.24) is 5.32 Å². The molecule has 2 fully saturated rings. The van der Waals surface area contributed by atoms with E-state index < -0.39 is 5.41 Å². The van der Waals surface area contributed by atoms with Crippen molar-refractivity contribution in [1.29, 1.82) is 5.26 Å². The van der Waals surface area contributed by atoms with Crippen LogP contribution in [-0.4, -0.2) is 11.9 Å². The van der Waals surface area contributed by atoms with E-state index in [4.69, 9.17) is 0 Å². The number of carbonyl (C=O) groups is 1. The third kappa shape index (κ3) is 3.29. The normalized spacial score (nSPS) is 26.4. The lowest BCUT2D eigenvalue weighted by atomic mass is 9.73. The van der Waals surface area contributed by atoms with Crippen LogP contribution >= 0.6 is 0 Å². The van der Waals surface area contributed by atoms with Crippen LogP contribution < -0.4 is 5.32 Å². The molecule has 2 aliphatic carbocycles. The Bertz CT molecular complexity index is 365. The van der Waals surface area contributed by atoms with Crippen molar-refractivity contribution < 1.29 is 4.79 Å². The fraction of sp³-hybridized carbons (Fsp3) is 0.875. The van der Waals surface area contributed by atoms with E-state index in [0.717, 1.165) is 57.8 Å². The zero-order valence-corrected chi connectivity index (χ0v) is 12.3. The van der Waals surface area contributed by atoms with Crippen LogP contribution in [0.25, 0.3) is 0 Å². The molecule has 3 heteroatoms. The Hall–Kier alpha value is -1.04. The van der Waals surface area contributed by atoms with Crippen molar-refractivity contribution in [3.05, 3.63) is 0 Å². The summed E-state index contributed by atoms with van der Waals surface area (Å²) in [6, 6.07) is 2.60. The van der Waals surface area contributed by atoms with E-state index in [1.54, 1.807) is 0 Å². The summed E-state index contributed by atoms with van der Waals surface area (Å²) in [6.45, 7) is 4.59. The molecular weight excluding hydrogens is 236 g/mol. The third-order valence-electron chi connectivity index (χ3n) is 5.03. The maximum atomic E-state index is 12.4. The Labute approximate surface area is 116 Å². The monoisotopic (exact) mass is 262 g/mol. The van der Waals surface area contributed by atoms with Gasteiger partial charge in [-0.2, -0.15) is 5.26 Å². The van der Waals surface area contributed by atoms with Crippen LogP contribution in [0, 0.1) is 22.2 Å². The molecule has 0 spiro atoms. The van der Waals surface area contributed by atoms with Crippen LogP contribution in [0.1, 0.15) is 71.6 Å². The van der Waals surface area contributed by atoms with Gasteiger partial charge in [-0.25, -0.2) is 0 Å². The number of carbonyl (C=O) groups excluding carboxylic acids is 1. The van der Waals surface area contributed by atoms with Gasteiger partial charge in [-0.1, -0.05) is 33.1 Å². The predicted molar refractivity (Wildman–Crippen MR) is 75.3 cm³/mol. The van der Waals surface area contributed by atoms with Crippen molar-refractivity contribution in [2.45, 2.75) is 77.7 Å². The lowest BCUT2D eigenvalue weighted by Crippen LogP contribution is -2.47. The highest BCUT2D eigenvalue weighted by Gasteiger charge is 2.41. The lowest BCUT2D eigenvalue weighted by Gasteiger charge is -2.37. The molecule has 0 heterocycles. The van der Waals surface area contributed by atoms with E-state index in [1.165, 1.54) is 0 Å². The SMILES string of the molecule is CC1(C)CCC(NC(=O)C2(C#N)CCCCC2)CC1. The molecule has 0 aromatic carbocycles. The summed E-state index contributed by atoms with van der Waals surface area (Å²) >= 11 is 0. The first-order valence-electron chi connectivity index (χ1n) is 7.70. The Morgan fingerprint density at radius 1 is 1.11 bits per heavy atom. The van der Waals surface area contributed by atoms with Crippen molar-refractivity contribution in [3.8, 4) is 6.07 Å². The number of amides is 1. The number of nitrogens with zero attached hydrogens (tertiary/aromatic N) is 1. The summed E-state index contributed by atoms with van der Waals surface area (Å²) in [5.41, 5.74) is -0.315. The molecule has 19 heavy (non-hydrogen) atoms. The molecule has 0 radical (unpaired) electrons. The van der Waals surface area contributed by atoms with Crippen molar-refractivity contribution >= 4 is 5.91 Å². The maximum absolute atomic E-state index is 12.4. The summed E-state index contributed by atoms with van der Waals surface area (Å²) in [4.78, 5) is 12.4. The minimum Gasteiger partial charge on any atom is -0.352 e. The molecule has 106 valence electrons. The predicted octanol–water partition coefficient (Wildman–Crippen LogP) is 3.55. The van der Waals surface area contributed by atoms with Gasteiger partial charge in [0, 0.05) is 6.04 Å². The summed E-state index contributed by atoms with van der Waals surface area (Å²) in [5.74, 6) is -0.000550. The zero-order valence-electron chi connectivity index (χ0n) is 12.3. The van der Waals surface area contributed by atoms with Crippen molar-refractivity contribution in [3.63, 3.8) is 0 Å². The molecule has 2 aliphatic rings. The molecule has 0 unspecified atom stereocenters. The first kappa shape index (κ1) is 14.4. The zero-order chi connectivity index (χ0) is 13.9.